The number of nitrogens with one attached hydrogen (secondary N) is 1. The Balaban J connectivity index is 1.49. The summed E-state index contributed by atoms with van der Waals surface area (Å²) >= 11 is 1.58. The summed E-state index contributed by atoms with van der Waals surface area (Å²) in [5.74, 6) is 0.858. The summed E-state index contributed by atoms with van der Waals surface area (Å²) in [5, 5.41) is 0.904. The first-order valence-electron chi connectivity index (χ1n) is 11.2. The van der Waals surface area contributed by atoms with Crippen molar-refractivity contribution in [3.8, 4) is 10.4 Å². The maximum Gasteiger partial charge on any atom is 0.274 e. The average Bonchev–Trinajstić information content (AvgIpc) is 3.50. The second-order valence-electron chi connectivity index (χ2n) is 9.54. The van der Waals surface area contributed by atoms with Crippen molar-refractivity contribution in [1.29, 1.82) is 0 Å². The van der Waals surface area contributed by atoms with Crippen LogP contribution >= 0.6 is 11.3 Å². The predicted octanol–water partition coefficient (Wildman–Crippen LogP) is 6.27. The number of hydrogen-bond acceptors (Lipinski definition) is 4. The van der Waals surface area contributed by atoms with Crippen LogP contribution in [0.2, 0.25) is 0 Å². The van der Waals surface area contributed by atoms with Crippen LogP contribution in [-0.4, -0.2) is 32.3 Å². The number of carbonyl (C=O) groups excluding carboxylic acids is 1. The van der Waals surface area contributed by atoms with Gasteiger partial charge in [0.2, 0.25) is 0 Å². The maximum absolute atomic E-state index is 13.7. The number of imidazole rings is 1. The molecule has 6 heteroatoms. The van der Waals surface area contributed by atoms with Crippen molar-refractivity contribution in [1.82, 2.24) is 19.9 Å². The first kappa shape index (κ1) is 20.9. The van der Waals surface area contributed by atoms with Crippen LogP contribution in [0.15, 0.2) is 48.5 Å². The van der Waals surface area contributed by atoms with E-state index in [4.69, 9.17) is 4.98 Å². The SMILES string of the molecule is Cc1nc(C(=O)N2CCCC2c2nc3ccc(C(C)(C)C)cc3[nH]2)c(-c2ccccc2)s1. The zero-order chi connectivity index (χ0) is 22.5. The number of amides is 1. The number of hydrogen-bond donors (Lipinski definition) is 1. The number of likely N-dealkylation sites (tertiary alicyclic amines) is 1. The smallest absolute Gasteiger partial charge is 0.274 e. The van der Waals surface area contributed by atoms with Crippen molar-refractivity contribution in [3.63, 3.8) is 0 Å². The number of aromatic amines is 1. The minimum Gasteiger partial charge on any atom is -0.340 e. The molecule has 2 aromatic heterocycles. The summed E-state index contributed by atoms with van der Waals surface area (Å²) in [4.78, 5) is 29.6. The number of aryl methyl sites for hydroxylation is 1. The van der Waals surface area contributed by atoms with Gasteiger partial charge in [-0.1, -0.05) is 57.2 Å². The molecule has 4 aromatic rings. The van der Waals surface area contributed by atoms with E-state index in [0.717, 1.165) is 51.7 Å². The van der Waals surface area contributed by atoms with Crippen molar-refractivity contribution in [3.05, 3.63) is 70.6 Å². The molecule has 1 unspecified atom stereocenters. The Morgan fingerprint density at radius 1 is 1.12 bits per heavy atom. The Kier molecular flexibility index (Phi) is 5.13. The van der Waals surface area contributed by atoms with E-state index < -0.39 is 0 Å². The van der Waals surface area contributed by atoms with E-state index in [-0.39, 0.29) is 17.4 Å². The summed E-state index contributed by atoms with van der Waals surface area (Å²) in [6.07, 6.45) is 1.87. The van der Waals surface area contributed by atoms with Crippen LogP contribution in [0.1, 0.15) is 66.5 Å². The number of nitrogens with zero attached hydrogens (tertiary/aromatic N) is 3. The Morgan fingerprint density at radius 3 is 2.66 bits per heavy atom. The molecule has 0 spiro atoms. The number of thiazole rings is 1. The van der Waals surface area contributed by atoms with Gasteiger partial charge in [-0.3, -0.25) is 4.79 Å². The fourth-order valence-electron chi connectivity index (χ4n) is 4.44. The first-order valence-corrected chi connectivity index (χ1v) is 12.0. The predicted molar refractivity (Wildman–Crippen MR) is 130 cm³/mol. The molecule has 1 fully saturated rings. The van der Waals surface area contributed by atoms with E-state index in [1.54, 1.807) is 11.3 Å². The van der Waals surface area contributed by atoms with Gasteiger partial charge in [-0.2, -0.15) is 0 Å². The third kappa shape index (κ3) is 3.73. The summed E-state index contributed by atoms with van der Waals surface area (Å²) in [5.41, 5.74) is 4.91. The van der Waals surface area contributed by atoms with Gasteiger partial charge in [0.1, 0.15) is 11.5 Å². The molecule has 5 rings (SSSR count). The zero-order valence-corrected chi connectivity index (χ0v) is 19.8. The molecule has 5 nitrogen and oxygen atoms in total. The molecule has 3 heterocycles. The molecule has 1 aliphatic heterocycles. The van der Waals surface area contributed by atoms with Crippen LogP contribution in [0.5, 0.6) is 0 Å². The Morgan fingerprint density at radius 2 is 1.91 bits per heavy atom. The Hall–Kier alpha value is -2.99. The van der Waals surface area contributed by atoms with Gasteiger partial charge in [0, 0.05) is 6.54 Å². The molecule has 1 aliphatic rings. The number of benzene rings is 2. The highest BCUT2D eigenvalue weighted by Crippen LogP contribution is 2.37. The molecule has 32 heavy (non-hydrogen) atoms. The van der Waals surface area contributed by atoms with Crippen LogP contribution in [-0.2, 0) is 5.41 Å². The maximum atomic E-state index is 13.7. The van der Waals surface area contributed by atoms with E-state index in [1.165, 1.54) is 5.56 Å². The Labute approximate surface area is 192 Å². The molecule has 1 amide bonds. The van der Waals surface area contributed by atoms with Gasteiger partial charge in [0.15, 0.2) is 0 Å². The lowest BCUT2D eigenvalue weighted by atomic mass is 9.87. The lowest BCUT2D eigenvalue weighted by Gasteiger charge is -2.22. The van der Waals surface area contributed by atoms with Crippen LogP contribution in [0, 0.1) is 6.92 Å². The van der Waals surface area contributed by atoms with Crippen LogP contribution < -0.4 is 0 Å². The third-order valence-electron chi connectivity index (χ3n) is 6.17. The molecule has 0 bridgehead atoms. The number of carbonyl (C=O) groups is 1. The molecule has 0 aliphatic carbocycles. The first-order chi connectivity index (χ1) is 15.3. The molecular weight excluding hydrogens is 416 g/mol. The molecule has 1 saturated heterocycles. The highest BCUT2D eigenvalue weighted by Gasteiger charge is 2.35. The summed E-state index contributed by atoms with van der Waals surface area (Å²) < 4.78 is 0. The quantitative estimate of drug-likeness (QED) is 0.405. The second-order valence-corrected chi connectivity index (χ2v) is 10.7. The van der Waals surface area contributed by atoms with E-state index in [0.29, 0.717) is 5.69 Å². The molecule has 2 aromatic carbocycles. The lowest BCUT2D eigenvalue weighted by molar-refractivity contribution is 0.0726. The van der Waals surface area contributed by atoms with Crippen molar-refractivity contribution in [2.45, 2.75) is 52.0 Å². The van der Waals surface area contributed by atoms with Gasteiger partial charge in [-0.15, -0.1) is 11.3 Å². The summed E-state index contributed by atoms with van der Waals surface area (Å²) in [7, 11) is 0. The molecule has 0 radical (unpaired) electrons. The van der Waals surface area contributed by atoms with Crippen LogP contribution in [0.3, 0.4) is 0 Å². The zero-order valence-electron chi connectivity index (χ0n) is 19.0. The van der Waals surface area contributed by atoms with Gasteiger partial charge in [-0.05, 0) is 48.4 Å². The van der Waals surface area contributed by atoms with Gasteiger partial charge >= 0.3 is 0 Å². The van der Waals surface area contributed by atoms with Crippen molar-refractivity contribution in [2.75, 3.05) is 6.54 Å². The average molecular weight is 445 g/mol. The van der Waals surface area contributed by atoms with Crippen molar-refractivity contribution < 1.29 is 4.79 Å². The Bertz CT molecular complexity index is 1280. The van der Waals surface area contributed by atoms with Crippen molar-refractivity contribution >= 4 is 28.3 Å². The number of aromatic nitrogens is 3. The largest absolute Gasteiger partial charge is 0.340 e. The van der Waals surface area contributed by atoms with Crippen molar-refractivity contribution in [2.24, 2.45) is 0 Å². The van der Waals surface area contributed by atoms with Crippen LogP contribution in [0.4, 0.5) is 0 Å². The number of fused-ring (bicyclic) bond motifs is 1. The molecular formula is C26H28N4OS. The van der Waals surface area contributed by atoms with E-state index in [1.807, 2.05) is 42.2 Å². The van der Waals surface area contributed by atoms with E-state index >= 15 is 0 Å². The monoisotopic (exact) mass is 444 g/mol. The van der Waals surface area contributed by atoms with E-state index in [2.05, 4.69) is 48.9 Å². The summed E-state index contributed by atoms with van der Waals surface area (Å²) in [6.45, 7) is 9.31. The van der Waals surface area contributed by atoms with Crippen LogP contribution in [0.25, 0.3) is 21.5 Å². The highest BCUT2D eigenvalue weighted by atomic mass is 32.1. The second kappa shape index (κ2) is 7.85. The normalized spacial score (nSPS) is 16.8. The highest BCUT2D eigenvalue weighted by molar-refractivity contribution is 7.15. The molecule has 1 N–H and O–H groups in total. The van der Waals surface area contributed by atoms with Gasteiger partial charge < -0.3 is 9.88 Å². The van der Waals surface area contributed by atoms with Gasteiger partial charge in [0.05, 0.1) is 27.0 Å². The summed E-state index contributed by atoms with van der Waals surface area (Å²) in [6, 6.07) is 16.4. The fraction of sp³-hybridized carbons (Fsp3) is 0.346. The number of rotatable bonds is 3. The van der Waals surface area contributed by atoms with Gasteiger partial charge in [0.25, 0.3) is 5.91 Å². The minimum absolute atomic E-state index is 0.00783. The number of H-pyrrole nitrogens is 1. The molecule has 164 valence electrons. The minimum atomic E-state index is -0.0568. The van der Waals surface area contributed by atoms with Gasteiger partial charge in [-0.25, -0.2) is 9.97 Å². The standard InChI is InChI=1S/C26H28N4OS/c1-16-27-22(23(32-16)17-9-6-5-7-10-17)25(31)30-14-8-11-21(30)24-28-19-13-12-18(26(2,3)4)15-20(19)29-24/h5-7,9-10,12-13,15,21H,8,11,14H2,1-4H3,(H,28,29). The lowest BCUT2D eigenvalue weighted by Crippen LogP contribution is -2.31. The fourth-order valence-corrected chi connectivity index (χ4v) is 5.36. The molecule has 0 saturated carbocycles. The van der Waals surface area contributed by atoms with E-state index in [9.17, 15) is 4.79 Å². The molecule has 1 atom stereocenters. The third-order valence-corrected chi connectivity index (χ3v) is 7.19. The topological polar surface area (TPSA) is 61.9 Å².